The molecule has 26 heavy (non-hydrogen) atoms. The van der Waals surface area contributed by atoms with Gasteiger partial charge in [-0.1, -0.05) is 24.3 Å². The summed E-state index contributed by atoms with van der Waals surface area (Å²) < 4.78 is 24.5. The first-order valence-electron chi connectivity index (χ1n) is 8.41. The Morgan fingerprint density at radius 2 is 2.04 bits per heavy atom. The van der Waals surface area contributed by atoms with Gasteiger partial charge < -0.3 is 14.1 Å². The number of benzene rings is 2. The molecule has 0 saturated carbocycles. The minimum absolute atomic E-state index is 0.166. The number of amides is 1. The normalized spacial score (nSPS) is 16.7. The van der Waals surface area contributed by atoms with Gasteiger partial charge in [0.25, 0.3) is 5.91 Å². The van der Waals surface area contributed by atoms with Gasteiger partial charge in [-0.25, -0.2) is 9.37 Å². The smallest absolute Gasteiger partial charge is 0.275 e. The lowest BCUT2D eigenvalue weighted by atomic mass is 10.2. The van der Waals surface area contributed by atoms with Crippen molar-refractivity contribution in [3.63, 3.8) is 0 Å². The Labute approximate surface area is 150 Å². The number of hydrogen-bond acceptors (Lipinski definition) is 4. The third kappa shape index (κ3) is 3.44. The second-order valence-corrected chi connectivity index (χ2v) is 6.14. The fourth-order valence-electron chi connectivity index (χ4n) is 2.99. The molecule has 0 spiro atoms. The van der Waals surface area contributed by atoms with E-state index >= 15 is 0 Å². The molecule has 1 fully saturated rings. The molecular formula is C20H17FN2O3. The molecule has 0 bridgehead atoms. The van der Waals surface area contributed by atoms with E-state index in [1.165, 1.54) is 18.4 Å². The van der Waals surface area contributed by atoms with Crippen molar-refractivity contribution < 1.29 is 18.3 Å². The van der Waals surface area contributed by atoms with Crippen molar-refractivity contribution in [3.8, 4) is 17.2 Å². The van der Waals surface area contributed by atoms with E-state index in [0.717, 1.165) is 5.56 Å². The van der Waals surface area contributed by atoms with Crippen LogP contribution in [0.4, 0.5) is 4.39 Å². The standard InChI is InChI=1S/C20H17FN2O3/c21-15-7-4-8-16(11-15)26-17-9-10-23(12-17)20(24)18-13-25-19(22-18)14-5-2-1-3-6-14/h1-8,11,13,17H,9-10,12H2/t17-/m0/s1. The van der Waals surface area contributed by atoms with E-state index in [9.17, 15) is 9.18 Å². The number of likely N-dealkylation sites (tertiary alicyclic amines) is 1. The molecule has 4 rings (SSSR count). The third-order valence-electron chi connectivity index (χ3n) is 4.28. The number of carbonyl (C=O) groups is 1. The number of carbonyl (C=O) groups excluding carboxylic acids is 1. The Morgan fingerprint density at radius 3 is 2.85 bits per heavy atom. The molecule has 1 atom stereocenters. The zero-order valence-electron chi connectivity index (χ0n) is 14.0. The first-order chi connectivity index (χ1) is 12.7. The van der Waals surface area contributed by atoms with Crippen LogP contribution in [0.1, 0.15) is 16.9 Å². The van der Waals surface area contributed by atoms with Crippen molar-refractivity contribution in [1.82, 2.24) is 9.88 Å². The van der Waals surface area contributed by atoms with E-state index in [4.69, 9.17) is 9.15 Å². The van der Waals surface area contributed by atoms with Crippen LogP contribution in [0.2, 0.25) is 0 Å². The van der Waals surface area contributed by atoms with Crippen molar-refractivity contribution in [3.05, 3.63) is 72.4 Å². The number of ether oxygens (including phenoxy) is 1. The van der Waals surface area contributed by atoms with E-state index < -0.39 is 0 Å². The molecule has 2 aromatic carbocycles. The summed E-state index contributed by atoms with van der Waals surface area (Å²) in [5.74, 6) is 0.351. The predicted molar refractivity (Wildman–Crippen MR) is 93.3 cm³/mol. The maximum absolute atomic E-state index is 13.2. The number of halogens is 1. The van der Waals surface area contributed by atoms with Crippen LogP contribution in [0.3, 0.4) is 0 Å². The Morgan fingerprint density at radius 1 is 1.19 bits per heavy atom. The Balaban J connectivity index is 1.41. The van der Waals surface area contributed by atoms with Crippen LogP contribution in [0.5, 0.6) is 5.75 Å². The fraction of sp³-hybridized carbons (Fsp3) is 0.200. The van der Waals surface area contributed by atoms with Gasteiger partial charge in [-0.05, 0) is 24.3 Å². The molecule has 1 aliphatic rings. The van der Waals surface area contributed by atoms with Crippen molar-refractivity contribution in [2.75, 3.05) is 13.1 Å². The quantitative estimate of drug-likeness (QED) is 0.717. The van der Waals surface area contributed by atoms with Crippen LogP contribution < -0.4 is 4.74 Å². The van der Waals surface area contributed by atoms with Crippen molar-refractivity contribution in [2.45, 2.75) is 12.5 Å². The Kier molecular flexibility index (Phi) is 4.39. The minimum Gasteiger partial charge on any atom is -0.488 e. The zero-order chi connectivity index (χ0) is 17.9. The first-order valence-corrected chi connectivity index (χ1v) is 8.41. The molecule has 3 aromatic rings. The lowest BCUT2D eigenvalue weighted by Crippen LogP contribution is -2.31. The van der Waals surface area contributed by atoms with Gasteiger partial charge in [-0.15, -0.1) is 0 Å². The largest absolute Gasteiger partial charge is 0.488 e. The zero-order valence-corrected chi connectivity index (χ0v) is 14.0. The molecule has 6 heteroatoms. The van der Waals surface area contributed by atoms with E-state index in [2.05, 4.69) is 4.98 Å². The maximum atomic E-state index is 13.2. The minimum atomic E-state index is -0.343. The summed E-state index contributed by atoms with van der Waals surface area (Å²) in [4.78, 5) is 18.6. The van der Waals surface area contributed by atoms with E-state index in [1.807, 2.05) is 30.3 Å². The summed E-state index contributed by atoms with van der Waals surface area (Å²) in [6.45, 7) is 0.995. The predicted octanol–water partition coefficient (Wildman–Crippen LogP) is 3.77. The third-order valence-corrected chi connectivity index (χ3v) is 4.28. The van der Waals surface area contributed by atoms with Crippen LogP contribution >= 0.6 is 0 Å². The molecule has 132 valence electrons. The summed E-state index contributed by atoms with van der Waals surface area (Å²) in [7, 11) is 0. The maximum Gasteiger partial charge on any atom is 0.275 e. The molecule has 5 nitrogen and oxygen atoms in total. The number of aromatic nitrogens is 1. The van der Waals surface area contributed by atoms with Gasteiger partial charge in [0, 0.05) is 24.6 Å². The van der Waals surface area contributed by atoms with Gasteiger partial charge in [0.1, 0.15) is 23.9 Å². The van der Waals surface area contributed by atoms with Crippen LogP contribution in [0.15, 0.2) is 65.3 Å². The number of hydrogen-bond donors (Lipinski definition) is 0. The van der Waals surface area contributed by atoms with E-state index in [1.54, 1.807) is 17.0 Å². The van der Waals surface area contributed by atoms with Crippen molar-refractivity contribution in [2.24, 2.45) is 0 Å². The fourth-order valence-corrected chi connectivity index (χ4v) is 2.99. The van der Waals surface area contributed by atoms with Gasteiger partial charge in [-0.3, -0.25) is 4.79 Å². The molecular weight excluding hydrogens is 335 g/mol. The number of nitrogens with zero attached hydrogens (tertiary/aromatic N) is 2. The molecule has 1 amide bonds. The average molecular weight is 352 g/mol. The molecule has 2 heterocycles. The van der Waals surface area contributed by atoms with E-state index in [0.29, 0.717) is 31.2 Å². The highest BCUT2D eigenvalue weighted by molar-refractivity contribution is 5.92. The molecule has 0 N–H and O–H groups in total. The topological polar surface area (TPSA) is 55.6 Å². The van der Waals surface area contributed by atoms with Crippen molar-refractivity contribution >= 4 is 5.91 Å². The molecule has 0 unspecified atom stereocenters. The van der Waals surface area contributed by atoms with Crippen LogP contribution in [0.25, 0.3) is 11.5 Å². The van der Waals surface area contributed by atoms with Crippen LogP contribution in [-0.4, -0.2) is 35.0 Å². The second kappa shape index (κ2) is 7.00. The SMILES string of the molecule is O=C(c1coc(-c2ccccc2)n1)N1CC[C@H](Oc2cccc(F)c2)C1. The molecule has 1 aliphatic heterocycles. The highest BCUT2D eigenvalue weighted by atomic mass is 19.1. The number of rotatable bonds is 4. The second-order valence-electron chi connectivity index (χ2n) is 6.14. The highest BCUT2D eigenvalue weighted by Gasteiger charge is 2.30. The lowest BCUT2D eigenvalue weighted by molar-refractivity contribution is 0.0766. The summed E-state index contributed by atoms with van der Waals surface area (Å²) in [5, 5.41) is 0. The average Bonchev–Trinajstić information content (AvgIpc) is 3.32. The van der Waals surface area contributed by atoms with Gasteiger partial charge in [-0.2, -0.15) is 0 Å². The summed E-state index contributed by atoms with van der Waals surface area (Å²) in [6.07, 6.45) is 1.90. The van der Waals surface area contributed by atoms with Crippen LogP contribution in [0, 0.1) is 5.82 Å². The molecule has 0 aliphatic carbocycles. The monoisotopic (exact) mass is 352 g/mol. The van der Waals surface area contributed by atoms with Gasteiger partial charge in [0.2, 0.25) is 5.89 Å². The Hall–Kier alpha value is -3.15. The first kappa shape index (κ1) is 16.3. The molecule has 0 radical (unpaired) electrons. The van der Waals surface area contributed by atoms with Gasteiger partial charge >= 0.3 is 0 Å². The molecule has 1 aromatic heterocycles. The Bertz CT molecular complexity index is 910. The summed E-state index contributed by atoms with van der Waals surface area (Å²) in [6, 6.07) is 15.4. The molecule has 1 saturated heterocycles. The van der Waals surface area contributed by atoms with Crippen LogP contribution in [-0.2, 0) is 0 Å². The summed E-state index contributed by atoms with van der Waals surface area (Å²) in [5.41, 5.74) is 1.09. The highest BCUT2D eigenvalue weighted by Crippen LogP contribution is 2.22. The van der Waals surface area contributed by atoms with Crippen molar-refractivity contribution in [1.29, 1.82) is 0 Å². The van der Waals surface area contributed by atoms with E-state index in [-0.39, 0.29) is 23.5 Å². The lowest BCUT2D eigenvalue weighted by Gasteiger charge is -2.16. The summed E-state index contributed by atoms with van der Waals surface area (Å²) >= 11 is 0. The van der Waals surface area contributed by atoms with Gasteiger partial charge in [0.15, 0.2) is 5.69 Å². The van der Waals surface area contributed by atoms with Gasteiger partial charge in [0.05, 0.1) is 6.54 Å². The number of oxazole rings is 1.